The van der Waals surface area contributed by atoms with E-state index in [-0.39, 0.29) is 17.9 Å². The van der Waals surface area contributed by atoms with Gasteiger partial charge in [-0.1, -0.05) is 12.7 Å². The van der Waals surface area contributed by atoms with Crippen LogP contribution in [0.15, 0.2) is 36.9 Å². The largest absolute Gasteiger partial charge is 0.490 e. The number of carbonyl (C=O) groups excluding carboxylic acids is 1. The molecular weight excluding hydrogens is 254 g/mol. The number of nitrogens with one attached hydrogen (secondary N) is 1. The first-order valence-electron chi connectivity index (χ1n) is 6.92. The number of rotatable bonds is 8. The predicted octanol–water partition coefficient (Wildman–Crippen LogP) is 2.14. The summed E-state index contributed by atoms with van der Waals surface area (Å²) in [4.78, 5) is 12.0. The molecule has 1 amide bonds. The highest BCUT2D eigenvalue weighted by Gasteiger charge is 2.41. The molecule has 20 heavy (non-hydrogen) atoms. The summed E-state index contributed by atoms with van der Waals surface area (Å²) in [5.74, 6) is 0.643. The van der Waals surface area contributed by atoms with Crippen LogP contribution in [0, 0.1) is 5.41 Å². The molecule has 1 aromatic rings. The number of hydrogen-bond donors (Lipinski definition) is 2. The second-order valence-electron chi connectivity index (χ2n) is 5.28. The Bertz CT molecular complexity index is 463. The van der Waals surface area contributed by atoms with Gasteiger partial charge < -0.3 is 15.2 Å². The predicted molar refractivity (Wildman–Crippen MR) is 77.8 cm³/mol. The molecule has 0 heterocycles. The molecule has 2 rings (SSSR count). The van der Waals surface area contributed by atoms with Crippen LogP contribution in [0.2, 0.25) is 0 Å². The topological polar surface area (TPSA) is 58.6 Å². The highest BCUT2D eigenvalue weighted by atomic mass is 16.5. The van der Waals surface area contributed by atoms with Crippen molar-refractivity contribution in [2.24, 2.45) is 5.41 Å². The van der Waals surface area contributed by atoms with Crippen LogP contribution in [-0.2, 0) is 0 Å². The van der Waals surface area contributed by atoms with Crippen LogP contribution >= 0.6 is 0 Å². The first-order valence-corrected chi connectivity index (χ1v) is 6.92. The molecule has 0 bridgehead atoms. The van der Waals surface area contributed by atoms with Crippen molar-refractivity contribution in [3.05, 3.63) is 42.5 Å². The van der Waals surface area contributed by atoms with E-state index in [2.05, 4.69) is 11.9 Å². The summed E-state index contributed by atoms with van der Waals surface area (Å²) in [5, 5.41) is 11.9. The molecule has 1 fully saturated rings. The molecule has 1 saturated carbocycles. The maximum absolute atomic E-state index is 12.0. The minimum absolute atomic E-state index is 0.0792. The van der Waals surface area contributed by atoms with Crippen LogP contribution in [0.4, 0.5) is 0 Å². The third kappa shape index (κ3) is 3.84. The van der Waals surface area contributed by atoms with E-state index in [1.165, 1.54) is 0 Å². The minimum atomic E-state index is -0.0792. The van der Waals surface area contributed by atoms with E-state index in [0.29, 0.717) is 18.7 Å². The van der Waals surface area contributed by atoms with Crippen molar-refractivity contribution >= 4 is 5.91 Å². The van der Waals surface area contributed by atoms with Crippen molar-refractivity contribution < 1.29 is 14.6 Å². The van der Waals surface area contributed by atoms with E-state index in [0.717, 1.165) is 25.0 Å². The summed E-state index contributed by atoms with van der Waals surface area (Å²) in [6.07, 6.45) is 4.61. The molecule has 0 unspecified atom stereocenters. The van der Waals surface area contributed by atoms with Gasteiger partial charge in [-0.2, -0.15) is 0 Å². The van der Waals surface area contributed by atoms with Gasteiger partial charge >= 0.3 is 0 Å². The van der Waals surface area contributed by atoms with E-state index >= 15 is 0 Å². The first-order chi connectivity index (χ1) is 9.69. The second kappa shape index (κ2) is 6.57. The molecule has 1 aliphatic rings. The Hall–Kier alpha value is -1.81. The van der Waals surface area contributed by atoms with Gasteiger partial charge in [0.1, 0.15) is 12.4 Å². The molecule has 0 spiro atoms. The molecule has 1 aromatic carbocycles. The molecule has 108 valence electrons. The smallest absolute Gasteiger partial charge is 0.251 e. The Balaban J connectivity index is 1.84. The molecule has 0 aliphatic heterocycles. The van der Waals surface area contributed by atoms with Gasteiger partial charge in [0.05, 0.1) is 0 Å². The zero-order chi connectivity index (χ0) is 14.4. The number of ether oxygens (including phenoxy) is 1. The molecular formula is C16H21NO3. The van der Waals surface area contributed by atoms with Crippen LogP contribution < -0.4 is 10.1 Å². The molecule has 4 heteroatoms. The zero-order valence-electron chi connectivity index (χ0n) is 11.6. The van der Waals surface area contributed by atoms with Crippen molar-refractivity contribution in [1.82, 2.24) is 5.32 Å². The number of hydrogen-bond acceptors (Lipinski definition) is 3. The molecule has 2 N–H and O–H groups in total. The van der Waals surface area contributed by atoms with Crippen molar-refractivity contribution in [2.45, 2.75) is 19.3 Å². The SMILES string of the molecule is C=CCOc1ccc(C(=O)NCC2(CCO)CC2)cc1. The quantitative estimate of drug-likeness (QED) is 0.715. The fourth-order valence-electron chi connectivity index (χ4n) is 2.16. The Morgan fingerprint density at radius 3 is 2.65 bits per heavy atom. The monoisotopic (exact) mass is 275 g/mol. The Morgan fingerprint density at radius 2 is 2.10 bits per heavy atom. The van der Waals surface area contributed by atoms with Gasteiger partial charge in [-0.05, 0) is 48.9 Å². The van der Waals surface area contributed by atoms with Gasteiger partial charge in [-0.15, -0.1) is 0 Å². The lowest BCUT2D eigenvalue weighted by molar-refractivity contribution is 0.0941. The van der Waals surface area contributed by atoms with Crippen LogP contribution in [0.1, 0.15) is 29.6 Å². The average Bonchev–Trinajstić information content (AvgIpc) is 3.24. The van der Waals surface area contributed by atoms with Gasteiger partial charge in [-0.3, -0.25) is 4.79 Å². The van der Waals surface area contributed by atoms with E-state index in [4.69, 9.17) is 9.84 Å². The average molecular weight is 275 g/mol. The van der Waals surface area contributed by atoms with Gasteiger partial charge in [0.15, 0.2) is 0 Å². The molecule has 0 saturated heterocycles. The van der Waals surface area contributed by atoms with E-state index in [9.17, 15) is 4.79 Å². The fraction of sp³-hybridized carbons (Fsp3) is 0.438. The second-order valence-corrected chi connectivity index (χ2v) is 5.28. The lowest BCUT2D eigenvalue weighted by Crippen LogP contribution is -2.30. The summed E-state index contributed by atoms with van der Waals surface area (Å²) in [6.45, 7) is 4.86. The van der Waals surface area contributed by atoms with Gasteiger partial charge in [-0.25, -0.2) is 0 Å². The van der Waals surface area contributed by atoms with Crippen molar-refractivity contribution in [3.8, 4) is 5.75 Å². The lowest BCUT2D eigenvalue weighted by Gasteiger charge is -2.14. The van der Waals surface area contributed by atoms with Gasteiger partial charge in [0, 0.05) is 18.7 Å². The third-order valence-electron chi connectivity index (χ3n) is 3.71. The molecule has 0 aromatic heterocycles. The van der Waals surface area contributed by atoms with Crippen molar-refractivity contribution in [2.75, 3.05) is 19.8 Å². The fourth-order valence-corrected chi connectivity index (χ4v) is 2.16. The highest BCUT2D eigenvalue weighted by molar-refractivity contribution is 5.94. The summed E-state index contributed by atoms with van der Waals surface area (Å²) in [6, 6.07) is 7.05. The zero-order valence-corrected chi connectivity index (χ0v) is 11.6. The van der Waals surface area contributed by atoms with Crippen LogP contribution in [0.5, 0.6) is 5.75 Å². The standard InChI is InChI=1S/C16H21NO3/c1-2-11-20-14-5-3-13(4-6-14)15(19)17-12-16(7-8-16)9-10-18/h2-6,18H,1,7-12H2,(H,17,19). The van der Waals surface area contributed by atoms with Crippen molar-refractivity contribution in [1.29, 1.82) is 0 Å². The molecule has 0 atom stereocenters. The Kier molecular flexibility index (Phi) is 4.79. The first kappa shape index (κ1) is 14.6. The molecule has 0 radical (unpaired) electrons. The maximum atomic E-state index is 12.0. The number of carbonyl (C=O) groups is 1. The van der Waals surface area contributed by atoms with Crippen LogP contribution in [-0.4, -0.2) is 30.8 Å². The Labute approximate surface area is 119 Å². The lowest BCUT2D eigenvalue weighted by atomic mass is 10.0. The van der Waals surface area contributed by atoms with Crippen LogP contribution in [0.25, 0.3) is 0 Å². The molecule has 1 aliphatic carbocycles. The van der Waals surface area contributed by atoms with E-state index < -0.39 is 0 Å². The summed E-state index contributed by atoms with van der Waals surface area (Å²) >= 11 is 0. The maximum Gasteiger partial charge on any atom is 0.251 e. The normalized spacial score (nSPS) is 15.4. The number of aliphatic hydroxyl groups excluding tert-OH is 1. The summed E-state index contributed by atoms with van der Waals surface area (Å²) in [5.41, 5.74) is 0.757. The van der Waals surface area contributed by atoms with Gasteiger partial charge in [0.2, 0.25) is 0 Å². The van der Waals surface area contributed by atoms with Gasteiger partial charge in [0.25, 0.3) is 5.91 Å². The van der Waals surface area contributed by atoms with E-state index in [1.807, 2.05) is 0 Å². The number of aliphatic hydroxyl groups is 1. The van der Waals surface area contributed by atoms with E-state index in [1.54, 1.807) is 30.3 Å². The van der Waals surface area contributed by atoms with Crippen molar-refractivity contribution in [3.63, 3.8) is 0 Å². The highest BCUT2D eigenvalue weighted by Crippen LogP contribution is 2.47. The summed E-state index contributed by atoms with van der Waals surface area (Å²) in [7, 11) is 0. The number of amides is 1. The number of benzene rings is 1. The minimum Gasteiger partial charge on any atom is -0.490 e. The molecule has 4 nitrogen and oxygen atoms in total. The Morgan fingerprint density at radius 1 is 1.40 bits per heavy atom. The third-order valence-corrected chi connectivity index (χ3v) is 3.71. The van der Waals surface area contributed by atoms with Crippen LogP contribution in [0.3, 0.4) is 0 Å². The summed E-state index contributed by atoms with van der Waals surface area (Å²) < 4.78 is 5.37.